The molecule has 0 spiro atoms. The van der Waals surface area contributed by atoms with Crippen molar-refractivity contribution in [1.82, 2.24) is 0 Å². The lowest BCUT2D eigenvalue weighted by atomic mass is 10.1. The van der Waals surface area contributed by atoms with Crippen LogP contribution < -0.4 is 9.47 Å². The number of allylic oxidation sites excluding steroid dienone is 2. The Morgan fingerprint density at radius 2 is 2.05 bits per heavy atom. The van der Waals surface area contributed by atoms with Crippen LogP contribution in [0.2, 0.25) is 0 Å². The number of rotatable bonds is 7. The summed E-state index contributed by atoms with van der Waals surface area (Å²) < 4.78 is 11.1. The minimum atomic E-state index is 0.529. The summed E-state index contributed by atoms with van der Waals surface area (Å²) in [5.74, 6) is 2.76. The van der Waals surface area contributed by atoms with Gasteiger partial charge in [0, 0.05) is 6.42 Å². The van der Waals surface area contributed by atoms with Gasteiger partial charge < -0.3 is 9.47 Å². The van der Waals surface area contributed by atoms with E-state index in [0.29, 0.717) is 5.92 Å². The van der Waals surface area contributed by atoms with Crippen molar-refractivity contribution in [2.45, 2.75) is 33.6 Å². The molecule has 0 aliphatic carbocycles. The van der Waals surface area contributed by atoms with Gasteiger partial charge in [-0.05, 0) is 30.0 Å². The lowest BCUT2D eigenvalue weighted by Crippen LogP contribution is -1.96. The van der Waals surface area contributed by atoms with E-state index in [0.717, 1.165) is 35.7 Å². The summed E-state index contributed by atoms with van der Waals surface area (Å²) in [6, 6.07) is 5.93. The molecular weight excluding hydrogens is 236 g/mol. The molecule has 0 N–H and O–H groups in total. The van der Waals surface area contributed by atoms with Gasteiger partial charge in [0.05, 0.1) is 12.9 Å². The number of benzene rings is 1. The lowest BCUT2D eigenvalue weighted by molar-refractivity contribution is 0.352. The molecule has 0 aliphatic heterocycles. The van der Waals surface area contributed by atoms with E-state index < -0.39 is 0 Å². The normalized spacial score (nSPS) is 11.0. The molecule has 0 bridgehead atoms. The van der Waals surface area contributed by atoms with Gasteiger partial charge in [-0.25, -0.2) is 0 Å². The van der Waals surface area contributed by atoms with E-state index in [1.165, 1.54) is 0 Å². The van der Waals surface area contributed by atoms with E-state index in [4.69, 9.17) is 9.47 Å². The fourth-order valence-corrected chi connectivity index (χ4v) is 1.67. The van der Waals surface area contributed by atoms with Crippen molar-refractivity contribution in [2.75, 3.05) is 7.11 Å². The molecule has 0 atom stereocenters. The zero-order chi connectivity index (χ0) is 14.3. The molecule has 19 heavy (non-hydrogen) atoms. The quantitative estimate of drug-likeness (QED) is 0.638. The van der Waals surface area contributed by atoms with Crippen LogP contribution in [0.15, 0.2) is 36.6 Å². The summed E-state index contributed by atoms with van der Waals surface area (Å²) in [5, 5.41) is 0. The van der Waals surface area contributed by atoms with Crippen LogP contribution in [0.1, 0.15) is 39.2 Å². The summed E-state index contributed by atoms with van der Waals surface area (Å²) in [4.78, 5) is 0. The van der Waals surface area contributed by atoms with Crippen LogP contribution >= 0.6 is 0 Å². The molecule has 0 aromatic heterocycles. The highest BCUT2D eigenvalue weighted by Gasteiger charge is 2.06. The molecule has 0 fully saturated rings. The Labute approximate surface area is 116 Å². The fourth-order valence-electron chi connectivity index (χ4n) is 1.67. The molecule has 104 valence electrons. The van der Waals surface area contributed by atoms with E-state index in [2.05, 4.69) is 39.5 Å². The third kappa shape index (κ3) is 5.21. The summed E-state index contributed by atoms with van der Waals surface area (Å²) in [5.41, 5.74) is 1.11. The van der Waals surface area contributed by atoms with Crippen molar-refractivity contribution in [1.29, 1.82) is 0 Å². The second-order valence-electron chi connectivity index (χ2n) is 4.90. The summed E-state index contributed by atoms with van der Waals surface area (Å²) in [7, 11) is 1.65. The van der Waals surface area contributed by atoms with Gasteiger partial charge in [0.25, 0.3) is 0 Å². The Hall–Kier alpha value is -1.70. The minimum absolute atomic E-state index is 0.529. The number of methoxy groups -OCH3 is 1. The lowest BCUT2D eigenvalue weighted by Gasteiger charge is -2.12. The van der Waals surface area contributed by atoms with E-state index >= 15 is 0 Å². The minimum Gasteiger partial charge on any atom is -0.493 e. The Kier molecular flexibility index (Phi) is 6.20. The molecule has 0 unspecified atom stereocenters. The van der Waals surface area contributed by atoms with Crippen molar-refractivity contribution in [2.24, 2.45) is 5.92 Å². The number of hydrogen-bond acceptors (Lipinski definition) is 2. The number of hydrogen-bond donors (Lipinski definition) is 0. The second kappa shape index (κ2) is 7.67. The van der Waals surface area contributed by atoms with Gasteiger partial charge in [0.1, 0.15) is 0 Å². The third-order valence-corrected chi connectivity index (χ3v) is 2.64. The van der Waals surface area contributed by atoms with Crippen molar-refractivity contribution in [3.05, 3.63) is 42.2 Å². The van der Waals surface area contributed by atoms with Crippen molar-refractivity contribution >= 4 is 6.08 Å². The van der Waals surface area contributed by atoms with Gasteiger partial charge in [-0.15, -0.1) is 0 Å². The molecule has 0 saturated carbocycles. The van der Waals surface area contributed by atoms with Crippen LogP contribution in [0.4, 0.5) is 0 Å². The highest BCUT2D eigenvalue weighted by Crippen LogP contribution is 2.30. The summed E-state index contributed by atoms with van der Waals surface area (Å²) in [6.07, 6.45) is 6.13. The average Bonchev–Trinajstić information content (AvgIpc) is 2.36. The Morgan fingerprint density at radius 1 is 1.32 bits per heavy atom. The maximum Gasteiger partial charge on any atom is 0.169 e. The maximum absolute atomic E-state index is 5.77. The van der Waals surface area contributed by atoms with Gasteiger partial charge in [0.15, 0.2) is 11.5 Å². The van der Waals surface area contributed by atoms with Crippen LogP contribution in [-0.2, 0) is 0 Å². The summed E-state index contributed by atoms with van der Waals surface area (Å²) in [6.45, 7) is 10.3. The van der Waals surface area contributed by atoms with E-state index in [9.17, 15) is 0 Å². The second-order valence-corrected chi connectivity index (χ2v) is 4.90. The molecule has 1 aromatic carbocycles. The Balaban J connectivity index is 2.92. The fraction of sp³-hybridized carbons (Fsp3) is 0.412. The zero-order valence-electron chi connectivity index (χ0n) is 12.4. The topological polar surface area (TPSA) is 18.5 Å². The molecule has 0 amide bonds. The van der Waals surface area contributed by atoms with E-state index in [-0.39, 0.29) is 0 Å². The Morgan fingerprint density at radius 3 is 2.63 bits per heavy atom. The average molecular weight is 260 g/mol. The molecule has 0 aliphatic rings. The van der Waals surface area contributed by atoms with Crippen LogP contribution in [0, 0.1) is 5.92 Å². The first-order chi connectivity index (χ1) is 9.06. The van der Waals surface area contributed by atoms with Crippen LogP contribution in [-0.4, -0.2) is 7.11 Å². The van der Waals surface area contributed by atoms with Gasteiger partial charge in [0.2, 0.25) is 0 Å². The first-order valence-electron chi connectivity index (χ1n) is 6.78. The SMILES string of the molecule is C=C(CCC)Oc1cc(C=CC(C)C)ccc1OC. The Bertz CT molecular complexity index is 445. The molecular formula is C17H24O2. The first-order valence-corrected chi connectivity index (χ1v) is 6.78. The van der Waals surface area contributed by atoms with Crippen LogP contribution in [0.3, 0.4) is 0 Å². The van der Waals surface area contributed by atoms with Crippen LogP contribution in [0.5, 0.6) is 11.5 Å². The predicted molar refractivity (Wildman–Crippen MR) is 81.5 cm³/mol. The van der Waals surface area contributed by atoms with Gasteiger partial charge in [-0.2, -0.15) is 0 Å². The monoisotopic (exact) mass is 260 g/mol. The summed E-state index contributed by atoms with van der Waals surface area (Å²) >= 11 is 0. The van der Waals surface area contributed by atoms with Crippen molar-refractivity contribution in [3.8, 4) is 11.5 Å². The van der Waals surface area contributed by atoms with Gasteiger partial charge >= 0.3 is 0 Å². The maximum atomic E-state index is 5.77. The predicted octanol–water partition coefficient (Wildman–Crippen LogP) is 5.06. The standard InChI is InChI=1S/C17H24O2/c1-6-7-14(4)19-17-12-15(9-8-13(2)3)10-11-16(17)18-5/h8-13H,4,6-7H2,1-3,5H3. The van der Waals surface area contributed by atoms with Gasteiger partial charge in [-0.3, -0.25) is 0 Å². The molecule has 1 aromatic rings. The highest BCUT2D eigenvalue weighted by molar-refractivity contribution is 5.56. The smallest absolute Gasteiger partial charge is 0.169 e. The third-order valence-electron chi connectivity index (χ3n) is 2.64. The molecule has 0 saturated heterocycles. The van der Waals surface area contributed by atoms with Crippen molar-refractivity contribution in [3.63, 3.8) is 0 Å². The van der Waals surface area contributed by atoms with E-state index in [1.807, 2.05) is 18.2 Å². The largest absolute Gasteiger partial charge is 0.493 e. The molecule has 1 rings (SSSR count). The molecule has 0 radical (unpaired) electrons. The van der Waals surface area contributed by atoms with Crippen LogP contribution in [0.25, 0.3) is 6.08 Å². The molecule has 2 nitrogen and oxygen atoms in total. The van der Waals surface area contributed by atoms with Gasteiger partial charge in [-0.1, -0.05) is 45.6 Å². The first kappa shape index (κ1) is 15.4. The molecule has 0 heterocycles. The molecule has 2 heteroatoms. The van der Waals surface area contributed by atoms with E-state index in [1.54, 1.807) is 7.11 Å². The van der Waals surface area contributed by atoms with Crippen molar-refractivity contribution < 1.29 is 9.47 Å². The zero-order valence-corrected chi connectivity index (χ0v) is 12.4. The highest BCUT2D eigenvalue weighted by atomic mass is 16.5. The number of ether oxygens (including phenoxy) is 2.